The van der Waals surface area contributed by atoms with E-state index in [1.165, 1.54) is 0 Å². The Hall–Kier alpha value is -2.40. The van der Waals surface area contributed by atoms with E-state index >= 15 is 0 Å². The average molecular weight is 377 g/mol. The van der Waals surface area contributed by atoms with Gasteiger partial charge in [-0.3, -0.25) is 5.43 Å². The molecule has 0 unspecified atom stereocenters. The summed E-state index contributed by atoms with van der Waals surface area (Å²) in [5, 5.41) is 4.77. The van der Waals surface area contributed by atoms with Crippen molar-refractivity contribution < 1.29 is 14.2 Å². The molecule has 0 saturated heterocycles. The summed E-state index contributed by atoms with van der Waals surface area (Å²) in [4.78, 5) is 0. The fraction of sp³-hybridized carbons (Fsp3) is 0.350. The minimum atomic E-state index is 0.528. The number of hydrogen-bond donors (Lipinski definition) is 1. The Bertz CT molecular complexity index is 735. The molecule has 2 rings (SSSR count). The Labute approximate surface area is 159 Å². The van der Waals surface area contributed by atoms with Crippen LogP contribution >= 0.6 is 11.6 Å². The van der Waals surface area contributed by atoms with Crippen molar-refractivity contribution in [3.8, 4) is 17.2 Å². The molecule has 2 aromatic rings. The largest absolute Gasteiger partial charge is 0.495 e. The molecule has 0 saturated carbocycles. The number of halogens is 1. The number of ether oxygens (including phenoxy) is 3. The zero-order valence-electron chi connectivity index (χ0n) is 15.4. The van der Waals surface area contributed by atoms with Gasteiger partial charge < -0.3 is 14.2 Å². The SMILES string of the molecule is CCCCOc1ccc(/C=N/Nc2ccc(OC)c(Cl)c2)cc1OCC. The van der Waals surface area contributed by atoms with Crippen LogP contribution < -0.4 is 19.6 Å². The molecule has 0 heterocycles. The van der Waals surface area contributed by atoms with Gasteiger partial charge in [0.05, 0.1) is 37.2 Å². The first-order valence-corrected chi connectivity index (χ1v) is 9.08. The Balaban J connectivity index is 2.04. The van der Waals surface area contributed by atoms with Gasteiger partial charge in [-0.25, -0.2) is 0 Å². The molecule has 0 aliphatic carbocycles. The van der Waals surface area contributed by atoms with Gasteiger partial charge in [-0.2, -0.15) is 5.10 Å². The highest BCUT2D eigenvalue weighted by Crippen LogP contribution is 2.29. The number of hydrazone groups is 1. The fourth-order valence-corrected chi connectivity index (χ4v) is 2.49. The quantitative estimate of drug-likeness (QED) is 0.344. The van der Waals surface area contributed by atoms with E-state index in [2.05, 4.69) is 17.5 Å². The van der Waals surface area contributed by atoms with Gasteiger partial charge in [0.1, 0.15) is 5.75 Å². The van der Waals surface area contributed by atoms with Crippen LogP contribution in [0.1, 0.15) is 32.3 Å². The molecule has 1 N–H and O–H groups in total. The number of benzene rings is 2. The predicted molar refractivity (Wildman–Crippen MR) is 107 cm³/mol. The molecule has 6 heteroatoms. The zero-order chi connectivity index (χ0) is 18.8. The second kappa shape index (κ2) is 10.6. The van der Waals surface area contributed by atoms with Gasteiger partial charge in [0.15, 0.2) is 11.5 Å². The minimum absolute atomic E-state index is 0.528. The van der Waals surface area contributed by atoms with Crippen molar-refractivity contribution in [3.63, 3.8) is 0 Å². The van der Waals surface area contributed by atoms with Gasteiger partial charge in [0.25, 0.3) is 0 Å². The molecule has 0 fully saturated rings. The van der Waals surface area contributed by atoms with Crippen molar-refractivity contribution in [3.05, 3.63) is 47.0 Å². The lowest BCUT2D eigenvalue weighted by atomic mass is 10.2. The van der Waals surface area contributed by atoms with E-state index in [-0.39, 0.29) is 0 Å². The molecular weight excluding hydrogens is 352 g/mol. The number of hydrogen-bond acceptors (Lipinski definition) is 5. The smallest absolute Gasteiger partial charge is 0.161 e. The van der Waals surface area contributed by atoms with Crippen molar-refractivity contribution in [2.75, 3.05) is 25.7 Å². The third kappa shape index (κ3) is 5.85. The number of nitrogens with one attached hydrogen (secondary N) is 1. The molecule has 0 spiro atoms. The molecular formula is C20H25ClN2O3. The second-order valence-electron chi connectivity index (χ2n) is 5.56. The molecule has 0 atom stereocenters. The van der Waals surface area contributed by atoms with Crippen LogP contribution in [0, 0.1) is 0 Å². The van der Waals surface area contributed by atoms with Crippen LogP contribution in [0.5, 0.6) is 17.2 Å². The van der Waals surface area contributed by atoms with Crippen LogP contribution in [0.3, 0.4) is 0 Å². The summed E-state index contributed by atoms with van der Waals surface area (Å²) in [6.07, 6.45) is 3.83. The topological polar surface area (TPSA) is 52.1 Å². The summed E-state index contributed by atoms with van der Waals surface area (Å²) in [5.41, 5.74) is 4.63. The Morgan fingerprint density at radius 3 is 2.54 bits per heavy atom. The molecule has 26 heavy (non-hydrogen) atoms. The van der Waals surface area contributed by atoms with Crippen LogP contribution in [-0.2, 0) is 0 Å². The number of anilines is 1. The summed E-state index contributed by atoms with van der Waals surface area (Å²) in [6.45, 7) is 5.35. The maximum Gasteiger partial charge on any atom is 0.161 e. The summed E-state index contributed by atoms with van der Waals surface area (Å²) in [6, 6.07) is 11.2. The second-order valence-corrected chi connectivity index (χ2v) is 5.97. The standard InChI is InChI=1S/C20H25ClN2O3/c1-4-6-11-26-19-9-7-15(12-20(19)25-5-2)14-22-23-16-8-10-18(24-3)17(21)13-16/h7-10,12-14,23H,4-6,11H2,1-3H3/b22-14+. The predicted octanol–water partition coefficient (Wildman–Crippen LogP) is 5.37. The van der Waals surface area contributed by atoms with E-state index in [1.54, 1.807) is 25.5 Å². The molecule has 0 radical (unpaired) electrons. The van der Waals surface area contributed by atoms with Crippen molar-refractivity contribution >= 4 is 23.5 Å². The van der Waals surface area contributed by atoms with Crippen LogP contribution in [0.15, 0.2) is 41.5 Å². The minimum Gasteiger partial charge on any atom is -0.495 e. The zero-order valence-corrected chi connectivity index (χ0v) is 16.2. The highest BCUT2D eigenvalue weighted by atomic mass is 35.5. The molecule has 5 nitrogen and oxygen atoms in total. The van der Waals surface area contributed by atoms with Crippen LogP contribution in [-0.4, -0.2) is 26.5 Å². The van der Waals surface area contributed by atoms with Crippen molar-refractivity contribution in [1.29, 1.82) is 0 Å². The first-order valence-electron chi connectivity index (χ1n) is 8.70. The molecule has 0 aliphatic heterocycles. The number of methoxy groups -OCH3 is 1. The monoisotopic (exact) mass is 376 g/mol. The van der Waals surface area contributed by atoms with Gasteiger partial charge in [-0.05, 0) is 55.3 Å². The Kier molecular flexibility index (Phi) is 8.09. The molecule has 140 valence electrons. The van der Waals surface area contributed by atoms with Crippen molar-refractivity contribution in [2.45, 2.75) is 26.7 Å². The highest BCUT2D eigenvalue weighted by molar-refractivity contribution is 6.32. The lowest BCUT2D eigenvalue weighted by molar-refractivity contribution is 0.272. The fourth-order valence-electron chi connectivity index (χ4n) is 2.24. The van der Waals surface area contributed by atoms with E-state index in [4.69, 9.17) is 25.8 Å². The summed E-state index contributed by atoms with van der Waals surface area (Å²) in [5.74, 6) is 2.11. The summed E-state index contributed by atoms with van der Waals surface area (Å²) in [7, 11) is 1.58. The van der Waals surface area contributed by atoms with Gasteiger partial charge in [0.2, 0.25) is 0 Å². The molecule has 0 bridgehead atoms. The lowest BCUT2D eigenvalue weighted by Gasteiger charge is -2.12. The van der Waals surface area contributed by atoms with Gasteiger partial charge >= 0.3 is 0 Å². The summed E-state index contributed by atoms with van der Waals surface area (Å²) < 4.78 is 16.6. The number of unbranched alkanes of at least 4 members (excludes halogenated alkanes) is 1. The maximum atomic E-state index is 6.10. The molecule has 2 aromatic carbocycles. The van der Waals surface area contributed by atoms with Gasteiger partial charge in [-0.1, -0.05) is 24.9 Å². The van der Waals surface area contributed by atoms with E-state index in [0.717, 1.165) is 35.6 Å². The van der Waals surface area contributed by atoms with Crippen LogP contribution in [0.2, 0.25) is 5.02 Å². The van der Waals surface area contributed by atoms with Crippen LogP contribution in [0.25, 0.3) is 0 Å². The summed E-state index contributed by atoms with van der Waals surface area (Å²) >= 11 is 6.10. The number of rotatable bonds is 10. The third-order valence-electron chi connectivity index (χ3n) is 3.58. The highest BCUT2D eigenvalue weighted by Gasteiger charge is 2.06. The molecule has 0 aromatic heterocycles. The van der Waals surface area contributed by atoms with Crippen molar-refractivity contribution in [1.82, 2.24) is 0 Å². The van der Waals surface area contributed by atoms with Crippen LogP contribution in [0.4, 0.5) is 5.69 Å². The third-order valence-corrected chi connectivity index (χ3v) is 3.88. The van der Waals surface area contributed by atoms with Gasteiger partial charge in [-0.15, -0.1) is 0 Å². The first kappa shape index (κ1) is 19.9. The van der Waals surface area contributed by atoms with Gasteiger partial charge in [0, 0.05) is 0 Å². The first-order chi connectivity index (χ1) is 12.7. The average Bonchev–Trinajstić information content (AvgIpc) is 2.64. The van der Waals surface area contributed by atoms with E-state index in [1.807, 2.05) is 31.2 Å². The normalized spacial score (nSPS) is 10.8. The Morgan fingerprint density at radius 1 is 1.04 bits per heavy atom. The van der Waals surface area contributed by atoms with Crippen molar-refractivity contribution in [2.24, 2.45) is 5.10 Å². The molecule has 0 aliphatic rings. The Morgan fingerprint density at radius 2 is 1.85 bits per heavy atom. The van der Waals surface area contributed by atoms with E-state index < -0.39 is 0 Å². The van der Waals surface area contributed by atoms with E-state index in [9.17, 15) is 0 Å². The van der Waals surface area contributed by atoms with E-state index in [0.29, 0.717) is 24.0 Å². The molecule has 0 amide bonds. The lowest BCUT2D eigenvalue weighted by Crippen LogP contribution is -2.01. The number of nitrogens with zero attached hydrogens (tertiary/aromatic N) is 1. The maximum absolute atomic E-state index is 6.10.